The van der Waals surface area contributed by atoms with Crippen LogP contribution in [-0.2, 0) is 15.7 Å². The first-order valence-corrected chi connectivity index (χ1v) is 6.62. The summed E-state index contributed by atoms with van der Waals surface area (Å²) in [5.74, 6) is -1.22. The summed E-state index contributed by atoms with van der Waals surface area (Å²) in [4.78, 5) is 21.7. The number of esters is 1. The Hall–Kier alpha value is -1.37. The lowest BCUT2D eigenvalue weighted by Gasteiger charge is -2.16. The van der Waals surface area contributed by atoms with E-state index in [2.05, 4.69) is 15.9 Å². The molecule has 1 atom stereocenters. The number of ketones is 1. The molecule has 1 unspecified atom stereocenters. The summed E-state index contributed by atoms with van der Waals surface area (Å²) in [6.07, 6.45) is -4.61. The van der Waals surface area contributed by atoms with E-state index in [1.54, 1.807) is 6.92 Å². The summed E-state index contributed by atoms with van der Waals surface area (Å²) in [5, 5.41) is 0. The van der Waals surface area contributed by atoms with Crippen molar-refractivity contribution in [3.8, 4) is 0 Å². The van der Waals surface area contributed by atoms with Crippen molar-refractivity contribution in [2.75, 3.05) is 6.61 Å². The number of Topliss-reactive ketones (excluding diaryl/α,β-unsaturated/α-hetero) is 1. The summed E-state index contributed by atoms with van der Waals surface area (Å²) < 4.78 is 43.4. The van der Waals surface area contributed by atoms with Crippen LogP contribution in [0.15, 0.2) is 18.2 Å². The van der Waals surface area contributed by atoms with E-state index < -0.39 is 28.3 Å². The quantitative estimate of drug-likeness (QED) is 0.609. The Morgan fingerprint density at radius 3 is 2.40 bits per heavy atom. The van der Waals surface area contributed by atoms with E-state index in [-0.39, 0.29) is 17.7 Å². The van der Waals surface area contributed by atoms with Crippen LogP contribution in [0.5, 0.6) is 0 Å². The lowest BCUT2D eigenvalue weighted by molar-refractivity contribution is -0.138. The number of hydrogen-bond donors (Lipinski definition) is 0. The average molecular weight is 353 g/mol. The molecule has 0 aromatic heterocycles. The van der Waals surface area contributed by atoms with Crippen molar-refractivity contribution in [1.29, 1.82) is 0 Å². The number of hydrogen-bond acceptors (Lipinski definition) is 3. The van der Waals surface area contributed by atoms with Crippen LogP contribution in [0.3, 0.4) is 0 Å². The van der Waals surface area contributed by atoms with Crippen molar-refractivity contribution in [2.24, 2.45) is 0 Å². The summed E-state index contributed by atoms with van der Waals surface area (Å²) in [6.45, 7) is 2.86. The molecule has 0 saturated carbocycles. The minimum Gasteiger partial charge on any atom is -0.462 e. The number of carbonyl (C=O) groups is 2. The molecule has 0 heterocycles. The molecule has 0 aliphatic heterocycles. The van der Waals surface area contributed by atoms with Gasteiger partial charge in [-0.1, -0.05) is 15.9 Å². The van der Waals surface area contributed by atoms with Crippen LogP contribution in [0.25, 0.3) is 0 Å². The minimum absolute atomic E-state index is 0.0273. The molecule has 20 heavy (non-hydrogen) atoms. The molecule has 1 rings (SSSR count). The number of alkyl halides is 4. The first kappa shape index (κ1) is 16.7. The van der Waals surface area contributed by atoms with Crippen LogP contribution in [0.1, 0.15) is 40.2 Å². The number of halogens is 4. The van der Waals surface area contributed by atoms with Gasteiger partial charge in [-0.3, -0.25) is 4.79 Å². The lowest BCUT2D eigenvalue weighted by atomic mass is 9.99. The molecule has 0 N–H and O–H groups in total. The van der Waals surface area contributed by atoms with Crippen LogP contribution in [0.4, 0.5) is 13.2 Å². The van der Waals surface area contributed by atoms with Crippen molar-refractivity contribution < 1.29 is 27.5 Å². The van der Waals surface area contributed by atoms with Crippen LogP contribution >= 0.6 is 15.9 Å². The first-order valence-electron chi connectivity index (χ1n) is 5.71. The third kappa shape index (κ3) is 3.82. The summed E-state index contributed by atoms with van der Waals surface area (Å²) in [6, 6.07) is 2.84. The van der Waals surface area contributed by atoms with E-state index >= 15 is 0 Å². The van der Waals surface area contributed by atoms with Gasteiger partial charge in [-0.2, -0.15) is 13.2 Å². The van der Waals surface area contributed by atoms with Gasteiger partial charge in [0, 0.05) is 0 Å². The monoisotopic (exact) mass is 352 g/mol. The zero-order chi connectivity index (χ0) is 15.5. The van der Waals surface area contributed by atoms with Gasteiger partial charge < -0.3 is 4.74 Å². The molecule has 3 nitrogen and oxygen atoms in total. The van der Waals surface area contributed by atoms with Crippen molar-refractivity contribution in [3.63, 3.8) is 0 Å². The Labute approximate surface area is 122 Å². The van der Waals surface area contributed by atoms with Crippen molar-refractivity contribution in [1.82, 2.24) is 0 Å². The molecule has 0 aliphatic rings. The highest BCUT2D eigenvalue weighted by molar-refractivity contribution is 9.09. The lowest BCUT2D eigenvalue weighted by Crippen LogP contribution is -2.15. The summed E-state index contributed by atoms with van der Waals surface area (Å²) >= 11 is 2.91. The van der Waals surface area contributed by atoms with E-state index in [9.17, 15) is 22.8 Å². The summed E-state index contributed by atoms with van der Waals surface area (Å²) in [5.41, 5.74) is -1.28. The van der Waals surface area contributed by atoms with E-state index in [1.807, 2.05) is 0 Å². The molecule has 1 aromatic carbocycles. The SMILES string of the molecule is CCOC(=O)c1ccc(C(F)(F)F)c(C(Br)C(C)=O)c1. The van der Waals surface area contributed by atoms with Crippen LogP contribution in [0, 0.1) is 0 Å². The molecule has 0 radical (unpaired) electrons. The van der Waals surface area contributed by atoms with Gasteiger partial charge in [0.05, 0.1) is 22.6 Å². The highest BCUT2D eigenvalue weighted by Crippen LogP contribution is 2.38. The molecule has 0 spiro atoms. The molecule has 0 saturated heterocycles. The molecule has 0 amide bonds. The fourth-order valence-electron chi connectivity index (χ4n) is 1.59. The van der Waals surface area contributed by atoms with Crippen molar-refractivity contribution in [3.05, 3.63) is 34.9 Å². The largest absolute Gasteiger partial charge is 0.462 e. The van der Waals surface area contributed by atoms with E-state index in [0.717, 1.165) is 25.1 Å². The Morgan fingerprint density at radius 1 is 1.35 bits per heavy atom. The second kappa shape index (κ2) is 6.39. The summed E-state index contributed by atoms with van der Waals surface area (Å²) in [7, 11) is 0. The maximum atomic E-state index is 12.9. The smallest absolute Gasteiger partial charge is 0.416 e. The predicted molar refractivity (Wildman–Crippen MR) is 69.7 cm³/mol. The molecule has 110 valence electrons. The maximum absolute atomic E-state index is 12.9. The predicted octanol–water partition coefficient (Wildman–Crippen LogP) is 3.91. The normalized spacial score (nSPS) is 12.9. The molecular formula is C13H12BrF3O3. The molecule has 7 heteroatoms. The molecule has 0 aliphatic carbocycles. The molecule has 0 bridgehead atoms. The molecular weight excluding hydrogens is 341 g/mol. The Balaban J connectivity index is 3.36. The molecule has 1 aromatic rings. The van der Waals surface area contributed by atoms with Crippen molar-refractivity contribution in [2.45, 2.75) is 24.9 Å². The van der Waals surface area contributed by atoms with Gasteiger partial charge in [-0.25, -0.2) is 4.79 Å². The van der Waals surface area contributed by atoms with Crippen LogP contribution in [0.2, 0.25) is 0 Å². The highest BCUT2D eigenvalue weighted by atomic mass is 79.9. The van der Waals surface area contributed by atoms with E-state index in [1.165, 1.54) is 0 Å². The van der Waals surface area contributed by atoms with Gasteiger partial charge in [-0.15, -0.1) is 0 Å². The average Bonchev–Trinajstić information content (AvgIpc) is 2.36. The number of benzene rings is 1. The number of carbonyl (C=O) groups excluding carboxylic acids is 2. The number of ether oxygens (including phenoxy) is 1. The van der Waals surface area contributed by atoms with Gasteiger partial charge >= 0.3 is 12.1 Å². The topological polar surface area (TPSA) is 43.4 Å². The standard InChI is InChI=1S/C13H12BrF3O3/c1-3-20-12(19)8-4-5-10(13(15,16)17)9(6-8)11(14)7(2)18/h4-6,11H,3H2,1-2H3. The van der Waals surface area contributed by atoms with E-state index in [4.69, 9.17) is 4.74 Å². The maximum Gasteiger partial charge on any atom is 0.416 e. The zero-order valence-electron chi connectivity index (χ0n) is 10.8. The third-order valence-corrected chi connectivity index (χ3v) is 3.64. The number of rotatable bonds is 4. The van der Waals surface area contributed by atoms with Gasteiger partial charge in [0.2, 0.25) is 0 Å². The second-order valence-corrected chi connectivity index (χ2v) is 4.91. The molecule has 0 fully saturated rings. The zero-order valence-corrected chi connectivity index (χ0v) is 12.3. The third-order valence-electron chi connectivity index (χ3n) is 2.50. The van der Waals surface area contributed by atoms with E-state index in [0.29, 0.717) is 0 Å². The highest BCUT2D eigenvalue weighted by Gasteiger charge is 2.36. The second-order valence-electron chi connectivity index (χ2n) is 3.99. The van der Waals surface area contributed by atoms with Gasteiger partial charge in [-0.05, 0) is 37.6 Å². The first-order chi connectivity index (χ1) is 9.18. The van der Waals surface area contributed by atoms with Gasteiger partial charge in [0.1, 0.15) is 5.78 Å². The Morgan fingerprint density at radius 2 is 1.95 bits per heavy atom. The van der Waals surface area contributed by atoms with Crippen LogP contribution < -0.4 is 0 Å². The fraction of sp³-hybridized carbons (Fsp3) is 0.385. The van der Waals surface area contributed by atoms with Crippen LogP contribution in [-0.4, -0.2) is 18.4 Å². The Kier molecular flexibility index (Phi) is 5.33. The minimum atomic E-state index is -4.61. The van der Waals surface area contributed by atoms with Crippen molar-refractivity contribution >= 4 is 27.7 Å². The Bertz CT molecular complexity index is 526. The van der Waals surface area contributed by atoms with Gasteiger partial charge in [0.15, 0.2) is 0 Å². The van der Waals surface area contributed by atoms with Gasteiger partial charge in [0.25, 0.3) is 0 Å². The fourth-order valence-corrected chi connectivity index (χ4v) is 1.97.